The van der Waals surface area contributed by atoms with Crippen LogP contribution in [0.4, 0.5) is 0 Å². The molecule has 21 heavy (non-hydrogen) atoms. The van der Waals surface area contributed by atoms with E-state index in [0.717, 1.165) is 16.7 Å². The lowest BCUT2D eigenvalue weighted by molar-refractivity contribution is -0.0124. The zero-order valence-electron chi connectivity index (χ0n) is 12.2. The summed E-state index contributed by atoms with van der Waals surface area (Å²) in [4.78, 5) is 12.0. The summed E-state index contributed by atoms with van der Waals surface area (Å²) in [5.74, 6) is -0.395. The van der Waals surface area contributed by atoms with E-state index < -0.39 is 5.97 Å². The highest BCUT2D eigenvalue weighted by atomic mass is 16.7. The quantitative estimate of drug-likeness (QED) is 0.604. The van der Waals surface area contributed by atoms with Gasteiger partial charge < -0.3 is 14.2 Å². The van der Waals surface area contributed by atoms with Crippen molar-refractivity contribution in [2.75, 3.05) is 21.0 Å². The SMILES string of the molecule is COCOC(=O)c1ccccc1-c1ccc(COC)cc1. The Hall–Kier alpha value is -2.17. The molecule has 0 fully saturated rings. The van der Waals surface area contributed by atoms with Gasteiger partial charge in [0.05, 0.1) is 12.2 Å². The van der Waals surface area contributed by atoms with Crippen LogP contribution in [0.15, 0.2) is 48.5 Å². The molecule has 0 aliphatic rings. The van der Waals surface area contributed by atoms with Crippen LogP contribution in [0.1, 0.15) is 15.9 Å². The fourth-order valence-corrected chi connectivity index (χ4v) is 2.05. The summed E-state index contributed by atoms with van der Waals surface area (Å²) < 4.78 is 14.9. The Morgan fingerprint density at radius 3 is 2.33 bits per heavy atom. The largest absolute Gasteiger partial charge is 0.435 e. The predicted octanol–water partition coefficient (Wildman–Crippen LogP) is 3.26. The van der Waals surface area contributed by atoms with Crippen LogP contribution in [0.5, 0.6) is 0 Å². The molecular weight excluding hydrogens is 268 g/mol. The molecule has 0 aromatic heterocycles. The molecule has 2 aromatic rings. The number of methoxy groups -OCH3 is 2. The molecule has 4 heteroatoms. The highest BCUT2D eigenvalue weighted by Crippen LogP contribution is 2.24. The van der Waals surface area contributed by atoms with Crippen LogP contribution in [0.2, 0.25) is 0 Å². The Morgan fingerprint density at radius 1 is 0.952 bits per heavy atom. The van der Waals surface area contributed by atoms with Crippen LogP contribution < -0.4 is 0 Å². The van der Waals surface area contributed by atoms with Crippen molar-refractivity contribution in [3.05, 3.63) is 59.7 Å². The summed E-state index contributed by atoms with van der Waals surface area (Å²) in [5, 5.41) is 0. The summed E-state index contributed by atoms with van der Waals surface area (Å²) in [6.07, 6.45) is 0. The maximum Gasteiger partial charge on any atom is 0.340 e. The molecule has 2 rings (SSSR count). The first-order chi connectivity index (χ1) is 10.3. The van der Waals surface area contributed by atoms with Gasteiger partial charge >= 0.3 is 5.97 Å². The number of ether oxygens (including phenoxy) is 3. The van der Waals surface area contributed by atoms with Crippen molar-refractivity contribution >= 4 is 5.97 Å². The van der Waals surface area contributed by atoms with E-state index in [4.69, 9.17) is 14.2 Å². The van der Waals surface area contributed by atoms with Crippen LogP contribution in [-0.2, 0) is 20.8 Å². The van der Waals surface area contributed by atoms with Crippen LogP contribution in [0, 0.1) is 0 Å². The summed E-state index contributed by atoms with van der Waals surface area (Å²) in [6.45, 7) is 0.512. The van der Waals surface area contributed by atoms with Crippen LogP contribution in [-0.4, -0.2) is 27.0 Å². The van der Waals surface area contributed by atoms with Gasteiger partial charge in [0.1, 0.15) is 0 Å². The molecule has 2 aromatic carbocycles. The first-order valence-electron chi connectivity index (χ1n) is 6.59. The van der Waals surface area contributed by atoms with Gasteiger partial charge in [0, 0.05) is 14.2 Å². The minimum atomic E-state index is -0.395. The monoisotopic (exact) mass is 286 g/mol. The molecule has 0 heterocycles. The fraction of sp³-hybridized carbons (Fsp3) is 0.235. The lowest BCUT2D eigenvalue weighted by atomic mass is 9.99. The second-order valence-electron chi connectivity index (χ2n) is 4.51. The molecule has 0 amide bonds. The molecule has 0 unspecified atom stereocenters. The minimum absolute atomic E-state index is 0.0556. The highest BCUT2D eigenvalue weighted by Gasteiger charge is 2.13. The minimum Gasteiger partial charge on any atom is -0.435 e. The van der Waals surface area contributed by atoms with Gasteiger partial charge in [-0.15, -0.1) is 0 Å². The Balaban J connectivity index is 2.28. The number of benzene rings is 2. The number of carbonyl (C=O) groups excluding carboxylic acids is 1. The predicted molar refractivity (Wildman–Crippen MR) is 79.9 cm³/mol. The van der Waals surface area contributed by atoms with E-state index in [0.29, 0.717) is 12.2 Å². The molecule has 0 aliphatic heterocycles. The molecular formula is C17H18O4. The number of hydrogen-bond acceptors (Lipinski definition) is 4. The lowest BCUT2D eigenvalue weighted by Crippen LogP contribution is -2.08. The van der Waals surface area contributed by atoms with Gasteiger partial charge in [0.2, 0.25) is 0 Å². The van der Waals surface area contributed by atoms with E-state index in [-0.39, 0.29) is 6.79 Å². The van der Waals surface area contributed by atoms with Crippen LogP contribution >= 0.6 is 0 Å². The molecule has 0 aliphatic carbocycles. The molecule has 110 valence electrons. The van der Waals surface area contributed by atoms with E-state index >= 15 is 0 Å². The van der Waals surface area contributed by atoms with Gasteiger partial charge in [0.25, 0.3) is 0 Å². The van der Waals surface area contributed by atoms with Crippen molar-refractivity contribution in [2.45, 2.75) is 6.61 Å². The third-order valence-corrected chi connectivity index (χ3v) is 3.03. The molecule has 0 saturated carbocycles. The Kier molecular flexibility index (Phi) is 5.49. The van der Waals surface area contributed by atoms with E-state index in [1.807, 2.05) is 42.5 Å². The van der Waals surface area contributed by atoms with E-state index in [2.05, 4.69) is 0 Å². The van der Waals surface area contributed by atoms with Gasteiger partial charge in [-0.25, -0.2) is 4.79 Å². The zero-order valence-corrected chi connectivity index (χ0v) is 12.2. The van der Waals surface area contributed by atoms with Gasteiger partial charge in [0.15, 0.2) is 6.79 Å². The molecule has 0 N–H and O–H groups in total. The second kappa shape index (κ2) is 7.57. The van der Waals surface area contributed by atoms with Crippen LogP contribution in [0.25, 0.3) is 11.1 Å². The maximum atomic E-state index is 12.0. The van der Waals surface area contributed by atoms with E-state index in [9.17, 15) is 4.79 Å². The molecule has 0 bridgehead atoms. The molecule has 0 spiro atoms. The van der Waals surface area contributed by atoms with Crippen molar-refractivity contribution < 1.29 is 19.0 Å². The summed E-state index contributed by atoms with van der Waals surface area (Å²) >= 11 is 0. The first kappa shape index (κ1) is 15.2. The normalized spacial score (nSPS) is 10.4. The Bertz CT molecular complexity index is 590. The van der Waals surface area contributed by atoms with E-state index in [1.54, 1.807) is 13.2 Å². The van der Waals surface area contributed by atoms with Crippen LogP contribution in [0.3, 0.4) is 0 Å². The maximum absolute atomic E-state index is 12.0. The molecule has 0 saturated heterocycles. The second-order valence-corrected chi connectivity index (χ2v) is 4.51. The topological polar surface area (TPSA) is 44.8 Å². The van der Waals surface area contributed by atoms with Gasteiger partial charge in [-0.3, -0.25) is 0 Å². The summed E-state index contributed by atoms with van der Waals surface area (Å²) in [7, 11) is 3.14. The van der Waals surface area contributed by atoms with Crippen molar-refractivity contribution in [1.82, 2.24) is 0 Å². The zero-order chi connectivity index (χ0) is 15.1. The fourth-order valence-electron chi connectivity index (χ4n) is 2.05. The van der Waals surface area contributed by atoms with Gasteiger partial charge in [-0.05, 0) is 22.8 Å². The highest BCUT2D eigenvalue weighted by molar-refractivity contribution is 5.97. The standard InChI is InChI=1S/C17H18O4/c1-19-11-13-7-9-14(10-8-13)15-5-3-4-6-16(15)17(18)21-12-20-2/h3-10H,11-12H2,1-2H3. The van der Waals surface area contributed by atoms with Gasteiger partial charge in [-0.2, -0.15) is 0 Å². The molecule has 0 radical (unpaired) electrons. The molecule has 4 nitrogen and oxygen atoms in total. The number of hydrogen-bond donors (Lipinski definition) is 0. The number of carbonyl (C=O) groups is 1. The van der Waals surface area contributed by atoms with Crippen molar-refractivity contribution in [1.29, 1.82) is 0 Å². The number of esters is 1. The molecule has 0 atom stereocenters. The lowest BCUT2D eigenvalue weighted by Gasteiger charge is -2.10. The summed E-state index contributed by atoms with van der Waals surface area (Å²) in [6, 6.07) is 15.3. The van der Waals surface area contributed by atoms with Crippen molar-refractivity contribution in [3.8, 4) is 11.1 Å². The first-order valence-corrected chi connectivity index (χ1v) is 6.59. The smallest absolute Gasteiger partial charge is 0.340 e. The van der Waals surface area contributed by atoms with Crippen molar-refractivity contribution in [2.24, 2.45) is 0 Å². The average Bonchev–Trinajstić information content (AvgIpc) is 2.54. The third kappa shape index (κ3) is 3.90. The average molecular weight is 286 g/mol. The third-order valence-electron chi connectivity index (χ3n) is 3.03. The Labute approximate surface area is 124 Å². The van der Waals surface area contributed by atoms with Crippen molar-refractivity contribution in [3.63, 3.8) is 0 Å². The van der Waals surface area contributed by atoms with Gasteiger partial charge in [-0.1, -0.05) is 42.5 Å². The number of rotatable bonds is 6. The Morgan fingerprint density at radius 2 is 1.67 bits per heavy atom. The van der Waals surface area contributed by atoms with E-state index in [1.165, 1.54) is 7.11 Å². The summed E-state index contributed by atoms with van der Waals surface area (Å²) in [5.41, 5.74) is 3.40.